The molecule has 1 nitrogen and oxygen atoms in total. The molecule has 0 saturated carbocycles. The summed E-state index contributed by atoms with van der Waals surface area (Å²) < 4.78 is 1.12. The van der Waals surface area contributed by atoms with E-state index < -0.39 is 0 Å². The predicted molar refractivity (Wildman–Crippen MR) is 81.2 cm³/mol. The summed E-state index contributed by atoms with van der Waals surface area (Å²) in [7, 11) is 1.95. The summed E-state index contributed by atoms with van der Waals surface area (Å²) in [6, 6.07) is 14.4. The summed E-state index contributed by atoms with van der Waals surface area (Å²) >= 11 is 9.84. The van der Waals surface area contributed by atoms with E-state index in [-0.39, 0.29) is 6.04 Å². The Balaban J connectivity index is 2.45. The largest absolute Gasteiger partial charge is 0.309 e. The zero-order valence-corrected chi connectivity index (χ0v) is 12.7. The molecule has 0 amide bonds. The average Bonchev–Trinajstić information content (AvgIpc) is 2.37. The van der Waals surface area contributed by atoms with E-state index in [2.05, 4.69) is 52.4 Å². The lowest BCUT2D eigenvalue weighted by Gasteiger charge is -2.19. The second-order valence-electron chi connectivity index (χ2n) is 4.25. The Hall–Kier alpha value is -0.830. The van der Waals surface area contributed by atoms with Crippen molar-refractivity contribution < 1.29 is 0 Å². The minimum Gasteiger partial charge on any atom is -0.309 e. The first kappa shape index (κ1) is 13.6. The van der Waals surface area contributed by atoms with Crippen LogP contribution in [0.15, 0.2) is 46.9 Å². The number of hydrogen-bond donors (Lipinski definition) is 1. The van der Waals surface area contributed by atoms with Gasteiger partial charge in [0.1, 0.15) is 0 Å². The molecule has 2 aromatic rings. The van der Waals surface area contributed by atoms with Crippen LogP contribution >= 0.6 is 27.5 Å². The third-order valence-corrected chi connectivity index (χ3v) is 4.23. The van der Waals surface area contributed by atoms with Gasteiger partial charge >= 0.3 is 0 Å². The molecule has 0 heterocycles. The van der Waals surface area contributed by atoms with Crippen molar-refractivity contribution in [1.82, 2.24) is 5.32 Å². The first-order chi connectivity index (χ1) is 8.63. The van der Waals surface area contributed by atoms with Gasteiger partial charge in [-0.3, -0.25) is 0 Å². The monoisotopic (exact) mass is 323 g/mol. The van der Waals surface area contributed by atoms with Crippen molar-refractivity contribution >= 4 is 27.5 Å². The summed E-state index contributed by atoms with van der Waals surface area (Å²) in [5.74, 6) is 0. The van der Waals surface area contributed by atoms with Crippen molar-refractivity contribution in [2.45, 2.75) is 13.0 Å². The van der Waals surface area contributed by atoms with Gasteiger partial charge in [-0.1, -0.05) is 57.9 Å². The zero-order chi connectivity index (χ0) is 13.1. The maximum Gasteiger partial charge on any atom is 0.0589 e. The molecule has 18 heavy (non-hydrogen) atoms. The van der Waals surface area contributed by atoms with Gasteiger partial charge in [0.05, 0.1) is 6.04 Å². The molecule has 0 radical (unpaired) electrons. The van der Waals surface area contributed by atoms with Crippen molar-refractivity contribution in [3.63, 3.8) is 0 Å². The Morgan fingerprint density at radius 1 is 1.17 bits per heavy atom. The first-order valence-corrected chi connectivity index (χ1v) is 6.98. The van der Waals surface area contributed by atoms with Gasteiger partial charge in [-0.25, -0.2) is 0 Å². The SMILES string of the molecule is CNC(c1ccc(C)c(Br)c1)c1ccccc1Cl. The van der Waals surface area contributed by atoms with E-state index in [9.17, 15) is 0 Å². The molecule has 3 heteroatoms. The van der Waals surface area contributed by atoms with Gasteiger partial charge in [0.2, 0.25) is 0 Å². The van der Waals surface area contributed by atoms with Crippen LogP contribution in [0, 0.1) is 6.92 Å². The summed E-state index contributed by atoms with van der Waals surface area (Å²) in [6.07, 6.45) is 0. The number of aryl methyl sites for hydroxylation is 1. The molecule has 0 saturated heterocycles. The quantitative estimate of drug-likeness (QED) is 0.861. The van der Waals surface area contributed by atoms with Crippen molar-refractivity contribution in [2.24, 2.45) is 0 Å². The van der Waals surface area contributed by atoms with Crippen molar-refractivity contribution in [2.75, 3.05) is 7.05 Å². The molecule has 0 spiro atoms. The number of hydrogen-bond acceptors (Lipinski definition) is 1. The number of nitrogens with one attached hydrogen (secondary N) is 1. The van der Waals surface area contributed by atoms with Crippen LogP contribution in [0.1, 0.15) is 22.7 Å². The number of benzene rings is 2. The standard InChI is InChI=1S/C15H15BrClN/c1-10-7-8-11(9-13(10)16)15(18-2)12-5-3-4-6-14(12)17/h3-9,15,18H,1-2H3. The van der Waals surface area contributed by atoms with Gasteiger partial charge in [0.25, 0.3) is 0 Å². The minimum absolute atomic E-state index is 0.107. The van der Waals surface area contributed by atoms with Crippen molar-refractivity contribution in [3.05, 3.63) is 68.7 Å². The fraction of sp³-hybridized carbons (Fsp3) is 0.200. The molecule has 0 aliphatic rings. The van der Waals surface area contributed by atoms with E-state index in [1.165, 1.54) is 11.1 Å². The molecule has 2 aromatic carbocycles. The molecule has 0 bridgehead atoms. The van der Waals surface area contributed by atoms with Gasteiger partial charge in [-0.2, -0.15) is 0 Å². The zero-order valence-electron chi connectivity index (χ0n) is 10.4. The minimum atomic E-state index is 0.107. The summed E-state index contributed by atoms with van der Waals surface area (Å²) in [4.78, 5) is 0. The van der Waals surface area contributed by atoms with E-state index in [1.807, 2.05) is 25.2 Å². The Morgan fingerprint density at radius 2 is 1.89 bits per heavy atom. The number of halogens is 2. The summed E-state index contributed by atoms with van der Waals surface area (Å²) in [5, 5.41) is 4.10. The molecule has 0 aliphatic carbocycles. The molecule has 2 rings (SSSR count). The fourth-order valence-electron chi connectivity index (χ4n) is 2.00. The molecular formula is C15H15BrClN. The molecular weight excluding hydrogens is 310 g/mol. The fourth-order valence-corrected chi connectivity index (χ4v) is 2.64. The summed E-state index contributed by atoms with van der Waals surface area (Å²) in [6.45, 7) is 2.08. The average molecular weight is 325 g/mol. The van der Waals surface area contributed by atoms with Crippen LogP contribution in [-0.4, -0.2) is 7.05 Å². The van der Waals surface area contributed by atoms with Gasteiger partial charge in [0.15, 0.2) is 0 Å². The van der Waals surface area contributed by atoms with Crippen molar-refractivity contribution in [3.8, 4) is 0 Å². The Labute approximate surface area is 121 Å². The maximum absolute atomic E-state index is 6.27. The van der Waals surface area contributed by atoms with E-state index in [0.29, 0.717) is 0 Å². The van der Waals surface area contributed by atoms with Gasteiger partial charge < -0.3 is 5.32 Å². The van der Waals surface area contributed by atoms with Gasteiger partial charge in [0, 0.05) is 9.50 Å². The third kappa shape index (κ3) is 2.77. The lowest BCUT2D eigenvalue weighted by molar-refractivity contribution is 0.691. The van der Waals surface area contributed by atoms with Crippen LogP contribution < -0.4 is 5.32 Å². The number of rotatable bonds is 3. The van der Waals surface area contributed by atoms with Crippen LogP contribution in [0.25, 0.3) is 0 Å². The maximum atomic E-state index is 6.27. The van der Waals surface area contributed by atoms with E-state index >= 15 is 0 Å². The van der Waals surface area contributed by atoms with Crippen LogP contribution in [0.5, 0.6) is 0 Å². The highest BCUT2D eigenvalue weighted by molar-refractivity contribution is 9.10. The molecule has 0 aliphatic heterocycles. The topological polar surface area (TPSA) is 12.0 Å². The second kappa shape index (κ2) is 5.87. The van der Waals surface area contributed by atoms with Crippen LogP contribution in [0.2, 0.25) is 5.02 Å². The summed E-state index contributed by atoms with van der Waals surface area (Å²) in [5.41, 5.74) is 3.52. The van der Waals surface area contributed by atoms with Crippen LogP contribution in [0.4, 0.5) is 0 Å². The molecule has 0 fully saturated rings. The van der Waals surface area contributed by atoms with E-state index in [1.54, 1.807) is 0 Å². The Bertz CT molecular complexity index is 554. The molecule has 1 unspecified atom stereocenters. The highest BCUT2D eigenvalue weighted by Gasteiger charge is 2.15. The lowest BCUT2D eigenvalue weighted by Crippen LogP contribution is -2.18. The molecule has 94 valence electrons. The van der Waals surface area contributed by atoms with E-state index in [0.717, 1.165) is 15.1 Å². The molecule has 1 N–H and O–H groups in total. The Morgan fingerprint density at radius 3 is 2.50 bits per heavy atom. The molecule has 1 atom stereocenters. The normalized spacial score (nSPS) is 12.4. The van der Waals surface area contributed by atoms with Crippen LogP contribution in [-0.2, 0) is 0 Å². The van der Waals surface area contributed by atoms with Gasteiger partial charge in [-0.05, 0) is 42.8 Å². The second-order valence-corrected chi connectivity index (χ2v) is 5.51. The first-order valence-electron chi connectivity index (χ1n) is 5.81. The third-order valence-electron chi connectivity index (χ3n) is 3.03. The Kier molecular flexibility index (Phi) is 4.44. The highest BCUT2D eigenvalue weighted by atomic mass is 79.9. The smallest absolute Gasteiger partial charge is 0.0589 e. The van der Waals surface area contributed by atoms with Crippen molar-refractivity contribution in [1.29, 1.82) is 0 Å². The highest BCUT2D eigenvalue weighted by Crippen LogP contribution is 2.30. The van der Waals surface area contributed by atoms with E-state index in [4.69, 9.17) is 11.6 Å². The predicted octanol–water partition coefficient (Wildman–Crippen LogP) is 4.72. The van der Waals surface area contributed by atoms with Gasteiger partial charge in [-0.15, -0.1) is 0 Å². The molecule has 0 aromatic heterocycles. The lowest BCUT2D eigenvalue weighted by atomic mass is 9.98. The van der Waals surface area contributed by atoms with Crippen LogP contribution in [0.3, 0.4) is 0 Å².